The van der Waals surface area contributed by atoms with E-state index in [1.165, 1.54) is 5.57 Å². The number of rotatable bonds is 7. The van der Waals surface area contributed by atoms with E-state index in [-0.39, 0.29) is 6.10 Å². The Morgan fingerprint density at radius 1 is 1.43 bits per heavy atom. The lowest BCUT2D eigenvalue weighted by Gasteiger charge is -2.16. The first-order chi connectivity index (χ1) is 6.79. The second kappa shape index (κ2) is 8.97. The Morgan fingerprint density at radius 2 is 2.14 bits per heavy atom. The van der Waals surface area contributed by atoms with Crippen LogP contribution in [0.15, 0.2) is 23.8 Å². The molecule has 0 amide bonds. The molecule has 0 fully saturated rings. The van der Waals surface area contributed by atoms with Gasteiger partial charge in [-0.3, -0.25) is 0 Å². The standard InChI is InChI=1S/C12H23NO/c1-5-8-9-11(6-2)12(14-4)10-13-7-3/h6,8-9,12-13H,5,7,10H2,1-4H3/b9-8-,11-6+. The Morgan fingerprint density at radius 3 is 2.57 bits per heavy atom. The van der Waals surface area contributed by atoms with Gasteiger partial charge >= 0.3 is 0 Å². The molecule has 1 N–H and O–H groups in total. The highest BCUT2D eigenvalue weighted by atomic mass is 16.5. The summed E-state index contributed by atoms with van der Waals surface area (Å²) >= 11 is 0. The summed E-state index contributed by atoms with van der Waals surface area (Å²) in [5.41, 5.74) is 1.25. The third-order valence-corrected chi connectivity index (χ3v) is 2.12. The first kappa shape index (κ1) is 13.4. The number of allylic oxidation sites excluding steroid dienone is 2. The van der Waals surface area contributed by atoms with Crippen LogP contribution in [0, 0.1) is 0 Å². The molecule has 14 heavy (non-hydrogen) atoms. The lowest BCUT2D eigenvalue weighted by Crippen LogP contribution is -2.29. The van der Waals surface area contributed by atoms with E-state index < -0.39 is 0 Å². The third-order valence-electron chi connectivity index (χ3n) is 2.12. The zero-order valence-corrected chi connectivity index (χ0v) is 9.84. The summed E-state index contributed by atoms with van der Waals surface area (Å²) in [6, 6.07) is 0. The van der Waals surface area contributed by atoms with Crippen molar-refractivity contribution >= 4 is 0 Å². The van der Waals surface area contributed by atoms with Crippen molar-refractivity contribution in [3.8, 4) is 0 Å². The lowest BCUT2D eigenvalue weighted by atomic mass is 10.1. The molecule has 0 radical (unpaired) electrons. The normalized spacial score (nSPS) is 15.0. The molecule has 0 aromatic rings. The van der Waals surface area contributed by atoms with Gasteiger partial charge in [-0.2, -0.15) is 0 Å². The minimum atomic E-state index is 0.169. The van der Waals surface area contributed by atoms with E-state index in [2.05, 4.69) is 37.4 Å². The van der Waals surface area contributed by atoms with Crippen LogP contribution in [0.4, 0.5) is 0 Å². The largest absolute Gasteiger partial charge is 0.375 e. The smallest absolute Gasteiger partial charge is 0.0942 e. The van der Waals surface area contributed by atoms with Gasteiger partial charge in [-0.15, -0.1) is 0 Å². The van der Waals surface area contributed by atoms with E-state index in [1.54, 1.807) is 7.11 Å². The van der Waals surface area contributed by atoms with Gasteiger partial charge in [-0.05, 0) is 25.5 Å². The van der Waals surface area contributed by atoms with Gasteiger partial charge in [0, 0.05) is 13.7 Å². The second-order valence-electron chi connectivity index (χ2n) is 3.13. The van der Waals surface area contributed by atoms with E-state index in [0.717, 1.165) is 19.5 Å². The number of nitrogens with one attached hydrogen (secondary N) is 1. The van der Waals surface area contributed by atoms with Gasteiger partial charge in [0.25, 0.3) is 0 Å². The van der Waals surface area contributed by atoms with Crippen LogP contribution in [0.25, 0.3) is 0 Å². The molecule has 0 aliphatic carbocycles. The van der Waals surface area contributed by atoms with Crippen LogP contribution in [0.2, 0.25) is 0 Å². The molecular weight excluding hydrogens is 174 g/mol. The molecule has 1 atom stereocenters. The molecule has 0 aromatic carbocycles. The molecule has 2 nitrogen and oxygen atoms in total. The van der Waals surface area contributed by atoms with Crippen molar-refractivity contribution < 1.29 is 4.74 Å². The first-order valence-electron chi connectivity index (χ1n) is 5.36. The molecule has 1 unspecified atom stereocenters. The molecule has 0 heterocycles. The summed E-state index contributed by atoms with van der Waals surface area (Å²) < 4.78 is 5.42. The second-order valence-corrected chi connectivity index (χ2v) is 3.13. The predicted octanol–water partition coefficient (Wildman–Crippen LogP) is 2.52. The number of likely N-dealkylation sites (N-methyl/N-ethyl adjacent to an activating group) is 1. The molecule has 2 heteroatoms. The Balaban J connectivity index is 4.23. The van der Waals surface area contributed by atoms with Crippen LogP contribution in [0.3, 0.4) is 0 Å². The maximum atomic E-state index is 5.42. The maximum Gasteiger partial charge on any atom is 0.0942 e. The Labute approximate surface area is 88.0 Å². The van der Waals surface area contributed by atoms with Crippen LogP contribution >= 0.6 is 0 Å². The molecule has 0 saturated heterocycles. The number of ether oxygens (including phenoxy) is 1. The quantitative estimate of drug-likeness (QED) is 0.633. The van der Waals surface area contributed by atoms with E-state index in [0.29, 0.717) is 0 Å². The van der Waals surface area contributed by atoms with Crippen molar-refractivity contribution in [2.75, 3.05) is 20.2 Å². The topological polar surface area (TPSA) is 21.3 Å². The van der Waals surface area contributed by atoms with Crippen LogP contribution in [-0.4, -0.2) is 26.3 Å². The van der Waals surface area contributed by atoms with Crippen molar-refractivity contribution in [3.05, 3.63) is 23.8 Å². The average Bonchev–Trinajstić information content (AvgIpc) is 2.23. The Kier molecular flexibility index (Phi) is 8.59. The summed E-state index contributed by atoms with van der Waals surface area (Å²) in [5, 5.41) is 3.29. The molecule has 0 bridgehead atoms. The van der Waals surface area contributed by atoms with Crippen molar-refractivity contribution in [3.63, 3.8) is 0 Å². The zero-order valence-electron chi connectivity index (χ0n) is 9.84. The SMILES string of the molecule is C/C=C(\C=C/CC)C(CNCC)OC. The van der Waals surface area contributed by atoms with Crippen LogP contribution in [0.5, 0.6) is 0 Å². The number of methoxy groups -OCH3 is 1. The fourth-order valence-electron chi connectivity index (χ4n) is 1.26. The highest BCUT2D eigenvalue weighted by Gasteiger charge is 2.08. The fraction of sp³-hybridized carbons (Fsp3) is 0.667. The molecular formula is C12H23NO. The zero-order chi connectivity index (χ0) is 10.8. The molecule has 0 aromatic heterocycles. The van der Waals surface area contributed by atoms with Gasteiger partial charge in [0.15, 0.2) is 0 Å². The first-order valence-corrected chi connectivity index (χ1v) is 5.36. The van der Waals surface area contributed by atoms with Crippen LogP contribution in [0.1, 0.15) is 27.2 Å². The molecule has 0 aliphatic rings. The maximum absolute atomic E-state index is 5.42. The van der Waals surface area contributed by atoms with E-state index >= 15 is 0 Å². The molecule has 0 rings (SSSR count). The summed E-state index contributed by atoms with van der Waals surface area (Å²) in [7, 11) is 1.76. The van der Waals surface area contributed by atoms with Crippen molar-refractivity contribution in [2.24, 2.45) is 0 Å². The average molecular weight is 197 g/mol. The van der Waals surface area contributed by atoms with Gasteiger partial charge in [0.05, 0.1) is 6.10 Å². The summed E-state index contributed by atoms with van der Waals surface area (Å²) in [6.07, 6.45) is 7.65. The van der Waals surface area contributed by atoms with E-state index in [4.69, 9.17) is 4.74 Å². The monoisotopic (exact) mass is 197 g/mol. The van der Waals surface area contributed by atoms with Gasteiger partial charge in [0.1, 0.15) is 0 Å². The molecule has 0 saturated carbocycles. The van der Waals surface area contributed by atoms with Crippen LogP contribution in [-0.2, 0) is 4.74 Å². The Hall–Kier alpha value is -0.600. The molecule has 0 spiro atoms. The van der Waals surface area contributed by atoms with Gasteiger partial charge in [-0.1, -0.05) is 32.1 Å². The van der Waals surface area contributed by atoms with E-state index in [9.17, 15) is 0 Å². The fourth-order valence-corrected chi connectivity index (χ4v) is 1.26. The minimum absolute atomic E-state index is 0.169. The minimum Gasteiger partial charge on any atom is -0.375 e. The lowest BCUT2D eigenvalue weighted by molar-refractivity contribution is 0.133. The molecule has 0 aliphatic heterocycles. The highest BCUT2D eigenvalue weighted by molar-refractivity contribution is 5.22. The van der Waals surface area contributed by atoms with Crippen molar-refractivity contribution in [2.45, 2.75) is 33.3 Å². The van der Waals surface area contributed by atoms with Gasteiger partial charge < -0.3 is 10.1 Å². The predicted molar refractivity (Wildman–Crippen MR) is 62.5 cm³/mol. The Bertz CT molecular complexity index is 185. The van der Waals surface area contributed by atoms with Crippen molar-refractivity contribution in [1.82, 2.24) is 5.32 Å². The summed E-state index contributed by atoms with van der Waals surface area (Å²) in [5.74, 6) is 0. The summed E-state index contributed by atoms with van der Waals surface area (Å²) in [4.78, 5) is 0. The molecule has 82 valence electrons. The van der Waals surface area contributed by atoms with Crippen molar-refractivity contribution in [1.29, 1.82) is 0 Å². The summed E-state index contributed by atoms with van der Waals surface area (Å²) in [6.45, 7) is 8.14. The van der Waals surface area contributed by atoms with Gasteiger partial charge in [-0.25, -0.2) is 0 Å². The van der Waals surface area contributed by atoms with Crippen LogP contribution < -0.4 is 5.32 Å². The van der Waals surface area contributed by atoms with Gasteiger partial charge in [0.2, 0.25) is 0 Å². The number of hydrogen-bond acceptors (Lipinski definition) is 2. The third kappa shape index (κ3) is 5.20. The van der Waals surface area contributed by atoms with E-state index in [1.807, 2.05) is 6.92 Å². The highest BCUT2D eigenvalue weighted by Crippen LogP contribution is 2.07. The number of hydrogen-bond donors (Lipinski definition) is 1.